The van der Waals surface area contributed by atoms with Gasteiger partial charge >= 0.3 is 0 Å². The van der Waals surface area contributed by atoms with Gasteiger partial charge in [-0.3, -0.25) is 0 Å². The molecule has 0 spiro atoms. The van der Waals surface area contributed by atoms with Crippen LogP contribution in [0.25, 0.3) is 0 Å². The maximum atomic E-state index is 5.96. The summed E-state index contributed by atoms with van der Waals surface area (Å²) in [4.78, 5) is 0. The van der Waals surface area contributed by atoms with E-state index in [4.69, 9.17) is 9.16 Å². The highest BCUT2D eigenvalue weighted by Gasteiger charge is 2.23. The highest BCUT2D eigenvalue weighted by Crippen LogP contribution is 2.16. The summed E-state index contributed by atoms with van der Waals surface area (Å²) in [5.41, 5.74) is 0. The highest BCUT2D eigenvalue weighted by atomic mass is 28.4. The van der Waals surface area contributed by atoms with E-state index in [9.17, 15) is 0 Å². The lowest BCUT2D eigenvalue weighted by Gasteiger charge is -2.24. The summed E-state index contributed by atoms with van der Waals surface area (Å²) in [6, 6.07) is 12.2. The normalized spacial score (nSPS) is 11.4. The fourth-order valence-corrected chi connectivity index (χ4v) is 2.90. The van der Waals surface area contributed by atoms with E-state index in [1.165, 1.54) is 12.1 Å². The van der Waals surface area contributed by atoms with E-state index >= 15 is 0 Å². The van der Waals surface area contributed by atoms with E-state index in [2.05, 4.69) is 20.4 Å². The molecule has 0 N–H and O–H groups in total. The van der Waals surface area contributed by atoms with Crippen molar-refractivity contribution >= 4 is 8.32 Å². The molecule has 0 heterocycles. The Balaban J connectivity index is 2.22. The van der Waals surface area contributed by atoms with Crippen LogP contribution in [0.2, 0.25) is 18.6 Å². The molecule has 3 heteroatoms. The maximum Gasteiger partial charge on any atom is 0.189 e. The largest absolute Gasteiger partial charge is 0.491 e. The van der Waals surface area contributed by atoms with Gasteiger partial charge in [0.2, 0.25) is 0 Å². The Morgan fingerprint density at radius 1 is 1.00 bits per heavy atom. The lowest BCUT2D eigenvalue weighted by Crippen LogP contribution is -2.34. The minimum Gasteiger partial charge on any atom is -0.491 e. The van der Waals surface area contributed by atoms with Crippen LogP contribution in [0.5, 0.6) is 5.75 Å². The number of hydrogen-bond donors (Lipinski definition) is 0. The molecule has 1 aromatic carbocycles. The van der Waals surface area contributed by atoms with Gasteiger partial charge < -0.3 is 9.16 Å². The predicted octanol–water partition coefficient (Wildman–Crippen LogP) is 3.70. The molecule has 16 heavy (non-hydrogen) atoms. The lowest BCUT2D eigenvalue weighted by atomic mass is 10.3. The predicted molar refractivity (Wildman–Crippen MR) is 70.5 cm³/mol. The number of hydrogen-bond acceptors (Lipinski definition) is 2. The van der Waals surface area contributed by atoms with Crippen molar-refractivity contribution < 1.29 is 9.16 Å². The standard InChI is InChI=1S/C13H22O2Si/c1-4-16(3,5-2)15-12-11-14-13-9-7-6-8-10-13/h6-10H,4-5,11-12H2,1-3H3. The van der Waals surface area contributed by atoms with Crippen molar-refractivity contribution in [2.24, 2.45) is 0 Å². The Hall–Kier alpha value is -0.803. The number of benzene rings is 1. The fourth-order valence-electron chi connectivity index (χ4n) is 1.42. The van der Waals surface area contributed by atoms with E-state index in [0.29, 0.717) is 13.2 Å². The van der Waals surface area contributed by atoms with Crippen LogP contribution in [0.1, 0.15) is 13.8 Å². The van der Waals surface area contributed by atoms with Crippen LogP contribution in [0.4, 0.5) is 0 Å². The van der Waals surface area contributed by atoms with Crippen molar-refractivity contribution in [3.8, 4) is 5.75 Å². The molecule has 0 saturated heterocycles. The molecule has 0 radical (unpaired) electrons. The second-order valence-electron chi connectivity index (χ2n) is 4.17. The first-order valence-electron chi connectivity index (χ1n) is 6.02. The molecule has 0 aliphatic heterocycles. The molecular weight excluding hydrogens is 216 g/mol. The Morgan fingerprint density at radius 3 is 2.19 bits per heavy atom. The second kappa shape index (κ2) is 6.71. The van der Waals surface area contributed by atoms with Gasteiger partial charge in [-0.05, 0) is 30.8 Å². The summed E-state index contributed by atoms with van der Waals surface area (Å²) in [7, 11) is -1.42. The van der Waals surface area contributed by atoms with Gasteiger partial charge in [-0.2, -0.15) is 0 Å². The first-order valence-corrected chi connectivity index (χ1v) is 8.84. The van der Waals surface area contributed by atoms with E-state index in [1.807, 2.05) is 30.3 Å². The molecule has 0 bridgehead atoms. The Bertz CT molecular complexity index is 283. The first-order chi connectivity index (χ1) is 7.70. The first kappa shape index (κ1) is 13.3. The minimum atomic E-state index is -1.42. The summed E-state index contributed by atoms with van der Waals surface area (Å²) in [6.07, 6.45) is 0. The minimum absolute atomic E-state index is 0.645. The van der Waals surface area contributed by atoms with Crippen molar-refractivity contribution in [3.63, 3.8) is 0 Å². The van der Waals surface area contributed by atoms with E-state index in [1.54, 1.807) is 0 Å². The quantitative estimate of drug-likeness (QED) is 0.533. The van der Waals surface area contributed by atoms with E-state index in [0.717, 1.165) is 5.75 Å². The number of ether oxygens (including phenoxy) is 1. The van der Waals surface area contributed by atoms with Crippen molar-refractivity contribution in [1.82, 2.24) is 0 Å². The van der Waals surface area contributed by atoms with Gasteiger partial charge in [0, 0.05) is 0 Å². The SMILES string of the molecule is CC[Si](C)(CC)OCCOc1ccccc1. The third kappa shape index (κ3) is 4.37. The van der Waals surface area contributed by atoms with E-state index in [-0.39, 0.29) is 0 Å². The molecule has 0 atom stereocenters. The molecule has 0 aliphatic carbocycles. The van der Waals surface area contributed by atoms with Crippen LogP contribution < -0.4 is 4.74 Å². The van der Waals surface area contributed by atoms with Crippen molar-refractivity contribution in [2.75, 3.05) is 13.2 Å². The van der Waals surface area contributed by atoms with Gasteiger partial charge in [0.15, 0.2) is 8.32 Å². The summed E-state index contributed by atoms with van der Waals surface area (Å²) >= 11 is 0. The molecule has 0 aromatic heterocycles. The number of para-hydroxylation sites is 1. The zero-order chi connectivity index (χ0) is 11.9. The molecular formula is C13H22O2Si. The summed E-state index contributed by atoms with van der Waals surface area (Å²) < 4.78 is 11.6. The second-order valence-corrected chi connectivity index (χ2v) is 8.77. The van der Waals surface area contributed by atoms with Crippen LogP contribution in [0.15, 0.2) is 30.3 Å². The zero-order valence-electron chi connectivity index (χ0n) is 10.5. The van der Waals surface area contributed by atoms with Crippen molar-refractivity contribution in [3.05, 3.63) is 30.3 Å². The van der Waals surface area contributed by atoms with Gasteiger partial charge in [-0.1, -0.05) is 32.0 Å². The third-order valence-electron chi connectivity index (χ3n) is 3.04. The van der Waals surface area contributed by atoms with Crippen LogP contribution >= 0.6 is 0 Å². The molecule has 0 amide bonds. The average molecular weight is 238 g/mol. The molecule has 0 fully saturated rings. The summed E-state index contributed by atoms with van der Waals surface area (Å²) in [5.74, 6) is 0.919. The Labute approximate surface area is 99.7 Å². The Morgan fingerprint density at radius 2 is 1.62 bits per heavy atom. The topological polar surface area (TPSA) is 18.5 Å². The monoisotopic (exact) mass is 238 g/mol. The molecule has 1 aromatic rings. The van der Waals surface area contributed by atoms with Gasteiger partial charge in [0.1, 0.15) is 12.4 Å². The smallest absolute Gasteiger partial charge is 0.189 e. The van der Waals surface area contributed by atoms with Crippen LogP contribution in [0, 0.1) is 0 Å². The summed E-state index contributed by atoms with van der Waals surface area (Å²) in [6.45, 7) is 8.07. The van der Waals surface area contributed by atoms with Gasteiger partial charge in [0.05, 0.1) is 6.61 Å². The van der Waals surface area contributed by atoms with Crippen LogP contribution in [-0.4, -0.2) is 21.5 Å². The van der Waals surface area contributed by atoms with E-state index < -0.39 is 8.32 Å². The van der Waals surface area contributed by atoms with Gasteiger partial charge in [-0.15, -0.1) is 0 Å². The van der Waals surface area contributed by atoms with Crippen molar-refractivity contribution in [2.45, 2.75) is 32.5 Å². The maximum absolute atomic E-state index is 5.96. The molecule has 1 rings (SSSR count). The highest BCUT2D eigenvalue weighted by molar-refractivity contribution is 6.72. The fraction of sp³-hybridized carbons (Fsp3) is 0.538. The van der Waals surface area contributed by atoms with Gasteiger partial charge in [-0.25, -0.2) is 0 Å². The lowest BCUT2D eigenvalue weighted by molar-refractivity contribution is 0.209. The molecule has 0 saturated carbocycles. The average Bonchev–Trinajstić information content (AvgIpc) is 2.36. The van der Waals surface area contributed by atoms with Gasteiger partial charge in [0.25, 0.3) is 0 Å². The van der Waals surface area contributed by atoms with Crippen molar-refractivity contribution in [1.29, 1.82) is 0 Å². The molecule has 0 unspecified atom stereocenters. The zero-order valence-corrected chi connectivity index (χ0v) is 11.5. The number of rotatable bonds is 7. The molecule has 0 aliphatic rings. The third-order valence-corrected chi connectivity index (χ3v) is 6.93. The Kier molecular flexibility index (Phi) is 5.56. The molecule has 2 nitrogen and oxygen atoms in total. The van der Waals surface area contributed by atoms with Crippen LogP contribution in [-0.2, 0) is 4.43 Å². The summed E-state index contributed by atoms with van der Waals surface area (Å²) in [5, 5.41) is 0. The molecule has 90 valence electrons. The van der Waals surface area contributed by atoms with Crippen LogP contribution in [0.3, 0.4) is 0 Å².